The number of nitrogens with one attached hydrogen (secondary N) is 3. The Labute approximate surface area is 162 Å². The summed E-state index contributed by atoms with van der Waals surface area (Å²) < 4.78 is 5.46. The monoisotopic (exact) mass is 388 g/mol. The molecule has 2 aliphatic rings. The quantitative estimate of drug-likeness (QED) is 0.669. The maximum atomic E-state index is 12.5. The van der Waals surface area contributed by atoms with E-state index in [1.54, 1.807) is 32.9 Å². The minimum absolute atomic E-state index is 0.170. The van der Waals surface area contributed by atoms with E-state index < -0.39 is 29.7 Å². The van der Waals surface area contributed by atoms with Gasteiger partial charge in [0.15, 0.2) is 0 Å². The van der Waals surface area contributed by atoms with Crippen molar-refractivity contribution in [1.82, 2.24) is 10.6 Å². The summed E-state index contributed by atoms with van der Waals surface area (Å²) in [6, 6.07) is 4.00. The second kappa shape index (κ2) is 7.49. The van der Waals surface area contributed by atoms with E-state index in [1.165, 1.54) is 4.90 Å². The van der Waals surface area contributed by atoms with Crippen LogP contribution in [0.15, 0.2) is 18.2 Å². The van der Waals surface area contributed by atoms with Crippen LogP contribution in [0.1, 0.15) is 39.2 Å². The summed E-state index contributed by atoms with van der Waals surface area (Å²) in [5, 5.41) is 7.46. The Bertz CT molecular complexity index is 830. The maximum Gasteiger partial charge on any atom is 0.414 e. The zero-order chi connectivity index (χ0) is 20.5. The fourth-order valence-corrected chi connectivity index (χ4v) is 3.20. The summed E-state index contributed by atoms with van der Waals surface area (Å²) in [4.78, 5) is 49.5. The van der Waals surface area contributed by atoms with Crippen LogP contribution in [0.25, 0.3) is 0 Å². The van der Waals surface area contributed by atoms with E-state index in [1.807, 2.05) is 6.07 Å². The first-order valence-electron chi connectivity index (χ1n) is 9.17. The van der Waals surface area contributed by atoms with Crippen molar-refractivity contribution in [3.8, 4) is 0 Å². The normalized spacial score (nSPS) is 19.0. The molecule has 2 heterocycles. The van der Waals surface area contributed by atoms with Gasteiger partial charge in [-0.15, -0.1) is 0 Å². The molecule has 0 spiro atoms. The van der Waals surface area contributed by atoms with Crippen molar-refractivity contribution in [3.63, 3.8) is 0 Å². The number of benzene rings is 1. The number of carbonyl (C=O) groups excluding carboxylic acids is 4. The van der Waals surface area contributed by atoms with E-state index in [0.717, 1.165) is 5.56 Å². The van der Waals surface area contributed by atoms with Crippen LogP contribution in [0.2, 0.25) is 0 Å². The zero-order valence-corrected chi connectivity index (χ0v) is 16.1. The standard InChI is InChI=1S/C19H24N4O5/c1-19(2,3)28-18(27)23-10-9-11-5-4-6-12(15(11)23)20-17(26)21-13-7-8-14(24)22-16(13)25/h4-6,13H,7-10H2,1-3H3,(H2,20,21,26)(H,22,24,25). The van der Waals surface area contributed by atoms with Gasteiger partial charge in [-0.05, 0) is 45.2 Å². The molecule has 1 atom stereocenters. The molecule has 9 heteroatoms. The smallest absolute Gasteiger partial charge is 0.414 e. The molecule has 150 valence electrons. The van der Waals surface area contributed by atoms with Gasteiger partial charge in [0.05, 0.1) is 11.4 Å². The minimum atomic E-state index is -0.781. The second-order valence-electron chi connectivity index (χ2n) is 7.80. The third-order valence-corrected chi connectivity index (χ3v) is 4.40. The molecule has 0 aliphatic carbocycles. The summed E-state index contributed by atoms with van der Waals surface area (Å²) in [5.74, 6) is -0.877. The van der Waals surface area contributed by atoms with Gasteiger partial charge in [-0.2, -0.15) is 0 Å². The summed E-state index contributed by atoms with van der Waals surface area (Å²) in [7, 11) is 0. The number of urea groups is 1. The summed E-state index contributed by atoms with van der Waals surface area (Å²) in [6.07, 6.45) is 0.587. The van der Waals surface area contributed by atoms with Gasteiger partial charge < -0.3 is 15.4 Å². The van der Waals surface area contributed by atoms with Crippen LogP contribution in [-0.4, -0.2) is 42.1 Å². The number of fused-ring (bicyclic) bond motifs is 1. The van der Waals surface area contributed by atoms with Crippen molar-refractivity contribution in [3.05, 3.63) is 23.8 Å². The van der Waals surface area contributed by atoms with Crippen LogP contribution in [0.4, 0.5) is 21.0 Å². The molecule has 9 nitrogen and oxygen atoms in total. The molecule has 0 saturated carbocycles. The predicted molar refractivity (Wildman–Crippen MR) is 102 cm³/mol. The van der Waals surface area contributed by atoms with Gasteiger partial charge in [-0.1, -0.05) is 12.1 Å². The summed E-state index contributed by atoms with van der Waals surface area (Å²) in [5.41, 5.74) is 1.33. The largest absolute Gasteiger partial charge is 0.443 e. The number of piperidine rings is 1. The lowest BCUT2D eigenvalue weighted by Crippen LogP contribution is -2.53. The van der Waals surface area contributed by atoms with Gasteiger partial charge in [0.2, 0.25) is 11.8 Å². The fraction of sp³-hybridized carbons (Fsp3) is 0.474. The molecule has 1 fully saturated rings. The predicted octanol–water partition coefficient (Wildman–Crippen LogP) is 1.91. The maximum absolute atomic E-state index is 12.5. The second-order valence-corrected chi connectivity index (χ2v) is 7.80. The molecule has 1 unspecified atom stereocenters. The fourth-order valence-electron chi connectivity index (χ4n) is 3.20. The Morgan fingerprint density at radius 2 is 1.96 bits per heavy atom. The number of nitrogens with zero attached hydrogens (tertiary/aromatic N) is 1. The van der Waals surface area contributed by atoms with Crippen molar-refractivity contribution in [2.75, 3.05) is 16.8 Å². The number of para-hydroxylation sites is 1. The highest BCUT2D eigenvalue weighted by atomic mass is 16.6. The van der Waals surface area contributed by atoms with Gasteiger partial charge in [0.25, 0.3) is 0 Å². The molecule has 3 rings (SSSR count). The van der Waals surface area contributed by atoms with Crippen LogP contribution in [0.3, 0.4) is 0 Å². The number of hydrogen-bond acceptors (Lipinski definition) is 5. The molecule has 1 aromatic carbocycles. The van der Waals surface area contributed by atoms with Gasteiger partial charge in [0, 0.05) is 13.0 Å². The highest BCUT2D eigenvalue weighted by molar-refractivity contribution is 6.04. The van der Waals surface area contributed by atoms with Crippen LogP contribution in [0.5, 0.6) is 0 Å². The Balaban J connectivity index is 1.73. The average Bonchev–Trinajstić information content (AvgIpc) is 3.01. The minimum Gasteiger partial charge on any atom is -0.443 e. The topological polar surface area (TPSA) is 117 Å². The van der Waals surface area contributed by atoms with Crippen LogP contribution < -0.4 is 20.9 Å². The Morgan fingerprint density at radius 1 is 1.21 bits per heavy atom. The lowest BCUT2D eigenvalue weighted by atomic mass is 10.1. The lowest BCUT2D eigenvalue weighted by molar-refractivity contribution is -0.134. The molecular weight excluding hydrogens is 364 g/mol. The molecule has 5 amide bonds. The van der Waals surface area contributed by atoms with Gasteiger partial charge in [-0.3, -0.25) is 19.8 Å². The zero-order valence-electron chi connectivity index (χ0n) is 16.1. The van der Waals surface area contributed by atoms with Crippen molar-refractivity contribution in [2.24, 2.45) is 0 Å². The van der Waals surface area contributed by atoms with Crippen molar-refractivity contribution in [2.45, 2.75) is 51.7 Å². The number of amides is 5. The lowest BCUT2D eigenvalue weighted by Gasteiger charge is -2.26. The molecule has 28 heavy (non-hydrogen) atoms. The Kier molecular flexibility index (Phi) is 5.26. The molecule has 0 aromatic heterocycles. The van der Waals surface area contributed by atoms with Gasteiger partial charge in [0.1, 0.15) is 11.6 Å². The summed E-state index contributed by atoms with van der Waals surface area (Å²) in [6.45, 7) is 5.83. The molecular formula is C19H24N4O5. The van der Waals surface area contributed by atoms with E-state index in [0.29, 0.717) is 24.3 Å². The van der Waals surface area contributed by atoms with Crippen molar-refractivity contribution >= 4 is 35.3 Å². The molecule has 0 radical (unpaired) electrons. The molecule has 1 saturated heterocycles. The highest BCUT2D eigenvalue weighted by Gasteiger charge is 2.32. The molecule has 1 aromatic rings. The van der Waals surface area contributed by atoms with E-state index in [4.69, 9.17) is 4.74 Å². The first-order valence-corrected chi connectivity index (χ1v) is 9.17. The molecule has 3 N–H and O–H groups in total. The van der Waals surface area contributed by atoms with Crippen molar-refractivity contribution in [1.29, 1.82) is 0 Å². The number of hydrogen-bond donors (Lipinski definition) is 3. The first kappa shape index (κ1) is 19.7. The first-order chi connectivity index (χ1) is 13.1. The number of rotatable bonds is 2. The number of imide groups is 1. The Hall–Kier alpha value is -3.10. The van der Waals surface area contributed by atoms with Crippen LogP contribution in [0, 0.1) is 0 Å². The number of anilines is 2. The Morgan fingerprint density at radius 3 is 2.64 bits per heavy atom. The van der Waals surface area contributed by atoms with E-state index in [-0.39, 0.29) is 18.7 Å². The van der Waals surface area contributed by atoms with Crippen LogP contribution in [-0.2, 0) is 20.7 Å². The summed E-state index contributed by atoms with van der Waals surface area (Å²) >= 11 is 0. The third-order valence-electron chi connectivity index (χ3n) is 4.40. The van der Waals surface area contributed by atoms with E-state index in [9.17, 15) is 19.2 Å². The third kappa shape index (κ3) is 4.41. The molecule has 2 aliphatic heterocycles. The number of ether oxygens (including phenoxy) is 1. The van der Waals surface area contributed by atoms with Crippen LogP contribution >= 0.6 is 0 Å². The van der Waals surface area contributed by atoms with Gasteiger partial charge >= 0.3 is 12.1 Å². The molecule has 0 bridgehead atoms. The van der Waals surface area contributed by atoms with Gasteiger partial charge in [-0.25, -0.2) is 9.59 Å². The highest BCUT2D eigenvalue weighted by Crippen LogP contribution is 2.36. The SMILES string of the molecule is CC(C)(C)OC(=O)N1CCc2cccc(NC(=O)NC3CCC(=O)NC3=O)c21. The van der Waals surface area contributed by atoms with E-state index >= 15 is 0 Å². The average molecular weight is 388 g/mol. The van der Waals surface area contributed by atoms with Crippen molar-refractivity contribution < 1.29 is 23.9 Å². The number of carbonyl (C=O) groups is 4. The van der Waals surface area contributed by atoms with E-state index in [2.05, 4.69) is 16.0 Å².